The first-order valence-electron chi connectivity index (χ1n) is 6.99. The van der Waals surface area contributed by atoms with E-state index >= 15 is 0 Å². The second-order valence-electron chi connectivity index (χ2n) is 4.28. The van der Waals surface area contributed by atoms with Gasteiger partial charge in [0.25, 0.3) is 0 Å². The first-order valence-corrected chi connectivity index (χ1v) is 6.99. The molecule has 2 rings (SSSR count). The highest BCUT2D eigenvalue weighted by molar-refractivity contribution is 5.32. The van der Waals surface area contributed by atoms with Crippen LogP contribution in [0.15, 0.2) is 48.5 Å². The number of benzene rings is 2. The molecule has 114 valence electrons. The van der Waals surface area contributed by atoms with E-state index < -0.39 is 0 Å². The highest BCUT2D eigenvalue weighted by Crippen LogP contribution is 2.18. The van der Waals surface area contributed by atoms with Gasteiger partial charge in [-0.3, -0.25) is 0 Å². The van der Waals surface area contributed by atoms with Crippen molar-refractivity contribution in [3.8, 4) is 23.0 Å². The van der Waals surface area contributed by atoms with Gasteiger partial charge in [0.1, 0.15) is 23.0 Å². The summed E-state index contributed by atoms with van der Waals surface area (Å²) in [6.07, 6.45) is 0.982. The Morgan fingerprint density at radius 3 is 1.76 bits per heavy atom. The predicted molar refractivity (Wildman–Crippen MR) is 83.2 cm³/mol. The molecule has 2 N–H and O–H groups in total. The molecule has 0 amide bonds. The zero-order valence-electron chi connectivity index (χ0n) is 12.5. The first-order chi connectivity index (χ1) is 10.2. The zero-order chi connectivity index (χ0) is 15.5. The summed E-state index contributed by atoms with van der Waals surface area (Å²) in [5.74, 6) is 1.93. The van der Waals surface area contributed by atoms with Gasteiger partial charge in [0, 0.05) is 12.1 Å². The maximum atomic E-state index is 9.03. The van der Waals surface area contributed by atoms with Crippen LogP contribution in [0.3, 0.4) is 0 Å². The molecule has 0 heterocycles. The van der Waals surface area contributed by atoms with Gasteiger partial charge in [-0.1, -0.05) is 19.1 Å². The van der Waals surface area contributed by atoms with Gasteiger partial charge in [0.15, 0.2) is 0 Å². The normalized spacial score (nSPS) is 9.43. The zero-order valence-corrected chi connectivity index (χ0v) is 12.5. The fourth-order valence-corrected chi connectivity index (χ4v) is 1.53. The fraction of sp³-hybridized carbons (Fsp3) is 0.294. The summed E-state index contributed by atoms with van der Waals surface area (Å²) >= 11 is 0. The first kappa shape index (κ1) is 16.7. The van der Waals surface area contributed by atoms with Crippen LogP contribution in [0.25, 0.3) is 0 Å². The van der Waals surface area contributed by atoms with Crippen LogP contribution in [0.4, 0.5) is 0 Å². The lowest BCUT2D eigenvalue weighted by atomic mass is 10.3. The van der Waals surface area contributed by atoms with Gasteiger partial charge < -0.3 is 19.7 Å². The van der Waals surface area contributed by atoms with E-state index in [1.54, 1.807) is 36.4 Å². The Labute approximate surface area is 125 Å². The highest BCUT2D eigenvalue weighted by atomic mass is 16.5. The van der Waals surface area contributed by atoms with Crippen molar-refractivity contribution in [1.29, 1.82) is 0 Å². The minimum absolute atomic E-state index is 0.242. The minimum atomic E-state index is 0.242. The van der Waals surface area contributed by atoms with Crippen LogP contribution < -0.4 is 9.47 Å². The van der Waals surface area contributed by atoms with E-state index in [4.69, 9.17) is 19.7 Å². The van der Waals surface area contributed by atoms with Crippen LogP contribution in [-0.2, 0) is 0 Å². The monoisotopic (exact) mass is 290 g/mol. The molecule has 0 bridgehead atoms. The predicted octanol–water partition coefficient (Wildman–Crippen LogP) is 3.97. The molecule has 0 aliphatic heterocycles. The number of hydrogen-bond acceptors (Lipinski definition) is 4. The molecule has 0 spiro atoms. The smallest absolute Gasteiger partial charge is 0.122 e. The average Bonchev–Trinajstić information content (AvgIpc) is 2.46. The molecule has 0 saturated carbocycles. The van der Waals surface area contributed by atoms with Crippen molar-refractivity contribution in [3.05, 3.63) is 48.5 Å². The molecule has 0 saturated heterocycles. The number of phenolic OH excluding ortho intramolecular Hbond substituents is 2. The summed E-state index contributed by atoms with van der Waals surface area (Å²) in [7, 11) is 0. The Bertz CT molecular complexity index is 526. The Morgan fingerprint density at radius 2 is 1.33 bits per heavy atom. The molecule has 2 aromatic carbocycles. The molecule has 0 aliphatic carbocycles. The average molecular weight is 290 g/mol. The number of hydrogen-bond donors (Lipinski definition) is 2. The maximum Gasteiger partial charge on any atom is 0.122 e. The largest absolute Gasteiger partial charge is 0.508 e. The number of phenols is 2. The van der Waals surface area contributed by atoms with Gasteiger partial charge in [-0.15, -0.1) is 0 Å². The van der Waals surface area contributed by atoms with E-state index in [9.17, 15) is 0 Å². The summed E-state index contributed by atoms with van der Waals surface area (Å²) in [4.78, 5) is 0. The van der Waals surface area contributed by atoms with E-state index in [2.05, 4.69) is 0 Å². The highest BCUT2D eigenvalue weighted by Gasteiger charge is 1.92. The van der Waals surface area contributed by atoms with Crippen molar-refractivity contribution < 1.29 is 19.7 Å². The van der Waals surface area contributed by atoms with Gasteiger partial charge in [0.2, 0.25) is 0 Å². The lowest BCUT2D eigenvalue weighted by Crippen LogP contribution is -1.93. The van der Waals surface area contributed by atoms with Crippen molar-refractivity contribution in [1.82, 2.24) is 0 Å². The summed E-state index contributed by atoms with van der Waals surface area (Å²) in [6.45, 7) is 5.28. The van der Waals surface area contributed by atoms with E-state index in [0.29, 0.717) is 19.0 Å². The van der Waals surface area contributed by atoms with Crippen LogP contribution in [-0.4, -0.2) is 23.4 Å². The molecular formula is C17H22O4. The van der Waals surface area contributed by atoms with Crippen LogP contribution in [0, 0.1) is 0 Å². The molecule has 0 aliphatic rings. The summed E-state index contributed by atoms with van der Waals surface area (Å²) < 4.78 is 10.4. The van der Waals surface area contributed by atoms with Crippen molar-refractivity contribution in [2.45, 2.75) is 20.3 Å². The lowest BCUT2D eigenvalue weighted by Gasteiger charge is -2.03. The molecule has 4 heteroatoms. The van der Waals surface area contributed by atoms with Crippen molar-refractivity contribution in [2.75, 3.05) is 13.2 Å². The van der Waals surface area contributed by atoms with Gasteiger partial charge in [-0.25, -0.2) is 0 Å². The summed E-state index contributed by atoms with van der Waals surface area (Å²) in [6, 6.07) is 13.6. The lowest BCUT2D eigenvalue weighted by molar-refractivity contribution is 0.315. The Morgan fingerprint density at radius 1 is 0.810 bits per heavy atom. The van der Waals surface area contributed by atoms with Crippen LogP contribution in [0.2, 0.25) is 0 Å². The molecule has 21 heavy (non-hydrogen) atoms. The van der Waals surface area contributed by atoms with E-state index in [-0.39, 0.29) is 11.5 Å². The van der Waals surface area contributed by atoms with Gasteiger partial charge >= 0.3 is 0 Å². The Balaban J connectivity index is 0.000000211. The second-order valence-corrected chi connectivity index (χ2v) is 4.28. The van der Waals surface area contributed by atoms with Gasteiger partial charge in [-0.05, 0) is 37.6 Å². The van der Waals surface area contributed by atoms with Crippen LogP contribution >= 0.6 is 0 Å². The molecule has 0 atom stereocenters. The SMILES string of the molecule is CCCOc1cccc(O)c1.CCOc1cccc(O)c1. The molecule has 0 fully saturated rings. The van der Waals surface area contributed by atoms with Crippen molar-refractivity contribution in [3.63, 3.8) is 0 Å². The third kappa shape index (κ3) is 7.11. The summed E-state index contributed by atoms with van der Waals surface area (Å²) in [5.41, 5.74) is 0. The Kier molecular flexibility index (Phi) is 7.58. The minimum Gasteiger partial charge on any atom is -0.508 e. The molecule has 4 nitrogen and oxygen atoms in total. The molecule has 0 radical (unpaired) electrons. The maximum absolute atomic E-state index is 9.03. The standard InChI is InChI=1S/C9H12O2.C8H10O2/c1-2-6-11-9-5-3-4-8(10)7-9;1-2-10-8-5-3-4-7(9)6-8/h3-5,7,10H,2,6H2,1H3;3-6,9H,2H2,1H3. The third-order valence-electron chi connectivity index (χ3n) is 2.42. The van der Waals surface area contributed by atoms with E-state index in [0.717, 1.165) is 12.2 Å². The molecular weight excluding hydrogens is 268 g/mol. The summed E-state index contributed by atoms with van der Waals surface area (Å²) in [5, 5.41) is 18.0. The third-order valence-corrected chi connectivity index (χ3v) is 2.42. The van der Waals surface area contributed by atoms with Crippen LogP contribution in [0.1, 0.15) is 20.3 Å². The van der Waals surface area contributed by atoms with Gasteiger partial charge in [-0.2, -0.15) is 0 Å². The second kappa shape index (κ2) is 9.53. The van der Waals surface area contributed by atoms with Crippen molar-refractivity contribution in [2.24, 2.45) is 0 Å². The van der Waals surface area contributed by atoms with E-state index in [1.165, 1.54) is 0 Å². The van der Waals surface area contributed by atoms with Crippen molar-refractivity contribution >= 4 is 0 Å². The number of ether oxygens (including phenoxy) is 2. The molecule has 0 unspecified atom stereocenters. The fourth-order valence-electron chi connectivity index (χ4n) is 1.53. The topological polar surface area (TPSA) is 58.9 Å². The Hall–Kier alpha value is -2.36. The van der Waals surface area contributed by atoms with Gasteiger partial charge in [0.05, 0.1) is 13.2 Å². The molecule has 2 aromatic rings. The van der Waals surface area contributed by atoms with E-state index in [1.807, 2.05) is 26.0 Å². The molecule has 0 aromatic heterocycles. The van der Waals surface area contributed by atoms with Crippen LogP contribution in [0.5, 0.6) is 23.0 Å². The quantitative estimate of drug-likeness (QED) is 0.874. The number of rotatable bonds is 5. The number of aromatic hydroxyl groups is 2.